The maximum Gasteiger partial charge on any atom is 0.275 e. The monoisotopic (exact) mass is 492 g/mol. The van der Waals surface area contributed by atoms with Crippen molar-refractivity contribution >= 4 is 29.0 Å². The molecule has 10 heteroatoms. The number of carbonyl (C=O) groups excluding carboxylic acids is 1. The molecule has 0 spiro atoms. The molecule has 2 aromatic carbocycles. The second kappa shape index (κ2) is 9.42. The Morgan fingerprint density at radius 3 is 2.49 bits per heavy atom. The second-order valence-electron chi connectivity index (χ2n) is 8.40. The SMILES string of the molecule is COc1ccccc1N1CCN(C(=O)Cn2c(C)cc(=O)n3nc(-c4ccc(Cl)cc4)nc23)CC1. The minimum Gasteiger partial charge on any atom is -0.495 e. The molecule has 9 nitrogen and oxygen atoms in total. The summed E-state index contributed by atoms with van der Waals surface area (Å²) < 4.78 is 8.46. The van der Waals surface area contributed by atoms with Gasteiger partial charge in [-0.05, 0) is 43.3 Å². The third-order valence-corrected chi connectivity index (χ3v) is 6.50. The van der Waals surface area contributed by atoms with Gasteiger partial charge in [-0.1, -0.05) is 23.7 Å². The molecule has 1 aliphatic rings. The van der Waals surface area contributed by atoms with Gasteiger partial charge >= 0.3 is 0 Å². The smallest absolute Gasteiger partial charge is 0.275 e. The lowest BCUT2D eigenvalue weighted by molar-refractivity contribution is -0.132. The summed E-state index contributed by atoms with van der Waals surface area (Å²) in [6.07, 6.45) is 0. The van der Waals surface area contributed by atoms with Gasteiger partial charge in [0.1, 0.15) is 12.3 Å². The molecule has 0 N–H and O–H groups in total. The van der Waals surface area contributed by atoms with Crippen LogP contribution in [-0.4, -0.2) is 63.3 Å². The van der Waals surface area contributed by atoms with Crippen molar-refractivity contribution in [3.05, 3.63) is 75.7 Å². The predicted octanol–water partition coefficient (Wildman–Crippen LogP) is 2.88. The lowest BCUT2D eigenvalue weighted by atomic mass is 10.2. The van der Waals surface area contributed by atoms with Gasteiger partial charge in [-0.25, -0.2) is 0 Å². The van der Waals surface area contributed by atoms with E-state index >= 15 is 0 Å². The molecule has 5 rings (SSSR count). The lowest BCUT2D eigenvalue weighted by Crippen LogP contribution is -2.49. The van der Waals surface area contributed by atoms with Crippen LogP contribution in [0.3, 0.4) is 0 Å². The van der Waals surface area contributed by atoms with Crippen LogP contribution in [0, 0.1) is 6.92 Å². The van der Waals surface area contributed by atoms with Gasteiger partial charge in [0.2, 0.25) is 11.7 Å². The van der Waals surface area contributed by atoms with Crippen molar-refractivity contribution < 1.29 is 9.53 Å². The van der Waals surface area contributed by atoms with Gasteiger partial charge in [-0.15, -0.1) is 5.10 Å². The predicted molar refractivity (Wildman–Crippen MR) is 134 cm³/mol. The van der Waals surface area contributed by atoms with E-state index in [2.05, 4.69) is 15.0 Å². The average Bonchev–Trinajstić information content (AvgIpc) is 3.33. The highest BCUT2D eigenvalue weighted by molar-refractivity contribution is 6.30. The Morgan fingerprint density at radius 2 is 1.77 bits per heavy atom. The molecule has 0 bridgehead atoms. The molecule has 1 aliphatic heterocycles. The van der Waals surface area contributed by atoms with Crippen LogP contribution in [0.1, 0.15) is 5.69 Å². The van der Waals surface area contributed by atoms with Crippen LogP contribution >= 0.6 is 11.6 Å². The van der Waals surface area contributed by atoms with Crippen molar-refractivity contribution in [1.82, 2.24) is 24.1 Å². The Morgan fingerprint density at radius 1 is 1.06 bits per heavy atom. The molecular weight excluding hydrogens is 468 g/mol. The first-order valence-electron chi connectivity index (χ1n) is 11.3. The number of hydrogen-bond acceptors (Lipinski definition) is 6. The summed E-state index contributed by atoms with van der Waals surface area (Å²) in [5.41, 5.74) is 2.12. The van der Waals surface area contributed by atoms with Gasteiger partial charge in [-0.2, -0.15) is 9.50 Å². The fourth-order valence-corrected chi connectivity index (χ4v) is 4.47. The number of nitrogens with zero attached hydrogens (tertiary/aromatic N) is 6. The zero-order chi connectivity index (χ0) is 24.5. The van der Waals surface area contributed by atoms with Crippen molar-refractivity contribution in [3.63, 3.8) is 0 Å². The molecule has 1 saturated heterocycles. The number of benzene rings is 2. The van der Waals surface area contributed by atoms with Gasteiger partial charge < -0.3 is 19.1 Å². The molecular formula is C25H25ClN6O3. The number of methoxy groups -OCH3 is 1. The highest BCUT2D eigenvalue weighted by Crippen LogP contribution is 2.28. The number of aromatic nitrogens is 4. The van der Waals surface area contributed by atoms with Gasteiger partial charge in [0, 0.05) is 48.5 Å². The highest BCUT2D eigenvalue weighted by Gasteiger charge is 2.24. The zero-order valence-corrected chi connectivity index (χ0v) is 20.3. The molecule has 0 saturated carbocycles. The molecule has 0 radical (unpaired) electrons. The van der Waals surface area contributed by atoms with E-state index in [9.17, 15) is 9.59 Å². The quantitative estimate of drug-likeness (QED) is 0.426. The third-order valence-electron chi connectivity index (χ3n) is 6.25. The maximum atomic E-state index is 13.2. The number of halogens is 1. The van der Waals surface area contributed by atoms with E-state index in [1.165, 1.54) is 10.6 Å². The Balaban J connectivity index is 1.36. The minimum absolute atomic E-state index is 0.0330. The third kappa shape index (κ3) is 4.46. The van der Waals surface area contributed by atoms with E-state index in [4.69, 9.17) is 16.3 Å². The molecule has 4 aromatic rings. The summed E-state index contributed by atoms with van der Waals surface area (Å²) in [5, 5.41) is 4.98. The summed E-state index contributed by atoms with van der Waals surface area (Å²) in [7, 11) is 1.66. The van der Waals surface area contributed by atoms with Crippen molar-refractivity contribution in [2.24, 2.45) is 0 Å². The fraction of sp³-hybridized carbons (Fsp3) is 0.280. The number of hydrogen-bond donors (Lipinski definition) is 0. The van der Waals surface area contributed by atoms with E-state index in [1.54, 1.807) is 42.9 Å². The number of rotatable bonds is 5. The zero-order valence-electron chi connectivity index (χ0n) is 19.5. The highest BCUT2D eigenvalue weighted by atomic mass is 35.5. The summed E-state index contributed by atoms with van der Waals surface area (Å²) in [6, 6.07) is 16.4. The number of piperazine rings is 1. The molecule has 1 amide bonds. The summed E-state index contributed by atoms with van der Waals surface area (Å²) in [4.78, 5) is 34.5. The van der Waals surface area contributed by atoms with Crippen LogP contribution in [-0.2, 0) is 11.3 Å². The normalized spacial score (nSPS) is 13.9. The Labute approximate surface area is 207 Å². The van der Waals surface area contributed by atoms with Crippen LogP contribution in [0.5, 0.6) is 5.75 Å². The molecule has 3 heterocycles. The van der Waals surface area contributed by atoms with E-state index < -0.39 is 0 Å². The molecule has 0 unspecified atom stereocenters. The van der Waals surface area contributed by atoms with Crippen LogP contribution in [0.2, 0.25) is 5.02 Å². The van der Waals surface area contributed by atoms with Crippen LogP contribution < -0.4 is 15.2 Å². The fourth-order valence-electron chi connectivity index (χ4n) is 4.34. The minimum atomic E-state index is -0.292. The summed E-state index contributed by atoms with van der Waals surface area (Å²) in [6.45, 7) is 4.46. The lowest BCUT2D eigenvalue weighted by Gasteiger charge is -2.36. The second-order valence-corrected chi connectivity index (χ2v) is 8.84. The van der Waals surface area contributed by atoms with Gasteiger partial charge in [0.05, 0.1) is 12.8 Å². The van der Waals surface area contributed by atoms with Crippen LogP contribution in [0.25, 0.3) is 17.2 Å². The van der Waals surface area contributed by atoms with Crippen molar-refractivity contribution in [1.29, 1.82) is 0 Å². The van der Waals surface area contributed by atoms with Gasteiger partial charge in [0.15, 0.2) is 5.82 Å². The van der Waals surface area contributed by atoms with E-state index in [1.807, 2.05) is 29.2 Å². The number of amides is 1. The number of anilines is 1. The Hall–Kier alpha value is -3.85. The molecule has 2 aromatic heterocycles. The molecule has 1 fully saturated rings. The van der Waals surface area contributed by atoms with Crippen LogP contribution in [0.4, 0.5) is 5.69 Å². The topological polar surface area (TPSA) is 85.0 Å². The number of fused-ring (bicyclic) bond motifs is 1. The van der Waals surface area contributed by atoms with E-state index in [0.29, 0.717) is 48.5 Å². The first-order valence-corrected chi connectivity index (χ1v) is 11.7. The number of ether oxygens (including phenoxy) is 1. The largest absolute Gasteiger partial charge is 0.495 e. The van der Waals surface area contributed by atoms with Crippen LogP contribution in [0.15, 0.2) is 59.4 Å². The first kappa shape index (κ1) is 22.9. The van der Waals surface area contributed by atoms with Crippen molar-refractivity contribution in [2.75, 3.05) is 38.2 Å². The maximum absolute atomic E-state index is 13.2. The summed E-state index contributed by atoms with van der Waals surface area (Å²) >= 11 is 5.99. The van der Waals surface area contributed by atoms with Gasteiger partial charge in [0.25, 0.3) is 5.56 Å². The molecule has 0 atom stereocenters. The molecule has 180 valence electrons. The van der Waals surface area contributed by atoms with E-state index in [-0.39, 0.29) is 18.0 Å². The molecule has 35 heavy (non-hydrogen) atoms. The van der Waals surface area contributed by atoms with Crippen molar-refractivity contribution in [2.45, 2.75) is 13.5 Å². The van der Waals surface area contributed by atoms with Crippen molar-refractivity contribution in [3.8, 4) is 17.1 Å². The standard InChI is InChI=1S/C25H25ClN6O3/c1-17-15-22(33)32-25(27-24(28-32)18-7-9-19(26)10-8-18)31(17)16-23(34)30-13-11-29(12-14-30)20-5-3-4-6-21(20)35-2/h3-10,15H,11-14,16H2,1-2H3. The van der Waals surface area contributed by atoms with E-state index in [0.717, 1.165) is 17.0 Å². The van der Waals surface area contributed by atoms with Gasteiger partial charge in [-0.3, -0.25) is 9.59 Å². The Bertz CT molecular complexity index is 1440. The first-order chi connectivity index (χ1) is 16.9. The Kier molecular flexibility index (Phi) is 6.17. The number of para-hydroxylation sites is 2. The number of carbonyl (C=O) groups is 1. The summed E-state index contributed by atoms with van der Waals surface area (Å²) in [5.74, 6) is 1.52. The average molecular weight is 493 g/mol. The molecule has 0 aliphatic carbocycles. The number of aryl methyl sites for hydroxylation is 1.